The molecule has 0 amide bonds. The van der Waals surface area contributed by atoms with Crippen molar-refractivity contribution in [3.05, 3.63) is 37.0 Å². The summed E-state index contributed by atoms with van der Waals surface area (Å²) < 4.78 is 9.47. The lowest BCUT2D eigenvalue weighted by molar-refractivity contribution is 0.231. The van der Waals surface area contributed by atoms with Crippen molar-refractivity contribution in [3.63, 3.8) is 0 Å². The number of ether oxygens (including phenoxy) is 1. The Morgan fingerprint density at radius 3 is 2.09 bits per heavy atom. The SMILES string of the molecule is C1=COCCC1.c1ccoc1. The molecule has 0 spiro atoms. The fourth-order valence-electron chi connectivity index (χ4n) is 0.715. The molecule has 1 aromatic rings. The topological polar surface area (TPSA) is 22.4 Å². The summed E-state index contributed by atoms with van der Waals surface area (Å²) in [4.78, 5) is 0. The van der Waals surface area contributed by atoms with Gasteiger partial charge in [0.1, 0.15) is 0 Å². The molecule has 1 aliphatic rings. The number of hydrogen-bond donors (Lipinski definition) is 0. The zero-order valence-electron chi connectivity index (χ0n) is 6.40. The lowest BCUT2D eigenvalue weighted by Gasteiger charge is -2.01. The van der Waals surface area contributed by atoms with Crippen LogP contribution in [0.25, 0.3) is 0 Å². The van der Waals surface area contributed by atoms with E-state index in [-0.39, 0.29) is 0 Å². The molecular weight excluding hydrogens is 140 g/mol. The molecule has 60 valence electrons. The largest absolute Gasteiger partial charge is 0.502 e. The normalized spacial score (nSPS) is 14.5. The van der Waals surface area contributed by atoms with E-state index >= 15 is 0 Å². The maximum absolute atomic E-state index is 4.89. The number of rotatable bonds is 0. The second-order valence-corrected chi connectivity index (χ2v) is 2.18. The Morgan fingerprint density at radius 1 is 1.09 bits per heavy atom. The van der Waals surface area contributed by atoms with Gasteiger partial charge in [0.15, 0.2) is 0 Å². The number of furan rings is 1. The summed E-state index contributed by atoms with van der Waals surface area (Å²) >= 11 is 0. The Bertz CT molecular complexity index is 152. The van der Waals surface area contributed by atoms with Gasteiger partial charge in [-0.05, 0) is 31.1 Å². The minimum Gasteiger partial charge on any atom is -0.502 e. The first kappa shape index (κ1) is 7.92. The van der Waals surface area contributed by atoms with Crippen LogP contribution in [-0.2, 0) is 4.74 Å². The third-order valence-electron chi connectivity index (χ3n) is 1.25. The lowest BCUT2D eigenvalue weighted by atomic mass is 10.3. The van der Waals surface area contributed by atoms with Crippen LogP contribution in [0.4, 0.5) is 0 Å². The van der Waals surface area contributed by atoms with Gasteiger partial charge in [0, 0.05) is 0 Å². The van der Waals surface area contributed by atoms with Crippen LogP contribution in [0.1, 0.15) is 12.8 Å². The van der Waals surface area contributed by atoms with E-state index in [1.54, 1.807) is 18.8 Å². The van der Waals surface area contributed by atoms with Gasteiger partial charge in [0.05, 0.1) is 25.4 Å². The molecule has 0 radical (unpaired) electrons. The van der Waals surface area contributed by atoms with Crippen LogP contribution in [-0.4, -0.2) is 6.61 Å². The van der Waals surface area contributed by atoms with Gasteiger partial charge in [-0.1, -0.05) is 0 Å². The van der Waals surface area contributed by atoms with Crippen LogP contribution >= 0.6 is 0 Å². The van der Waals surface area contributed by atoms with Gasteiger partial charge in [-0.15, -0.1) is 0 Å². The van der Waals surface area contributed by atoms with Crippen LogP contribution in [0.3, 0.4) is 0 Å². The van der Waals surface area contributed by atoms with E-state index in [0.29, 0.717) is 0 Å². The summed E-state index contributed by atoms with van der Waals surface area (Å²) in [5.74, 6) is 0. The molecule has 0 aliphatic carbocycles. The van der Waals surface area contributed by atoms with Crippen molar-refractivity contribution in [3.8, 4) is 0 Å². The molecule has 0 saturated carbocycles. The molecule has 0 saturated heterocycles. The van der Waals surface area contributed by atoms with Crippen molar-refractivity contribution >= 4 is 0 Å². The zero-order chi connectivity index (χ0) is 7.78. The van der Waals surface area contributed by atoms with E-state index in [9.17, 15) is 0 Å². The average Bonchev–Trinajstić information content (AvgIpc) is 2.64. The Hall–Kier alpha value is -1.18. The minimum absolute atomic E-state index is 0.913. The zero-order valence-corrected chi connectivity index (χ0v) is 6.40. The average molecular weight is 152 g/mol. The standard InChI is InChI=1S/C5H8O.C4H4O/c1-2-4-6-5-3-1;1-2-4-5-3-1/h2,4H,1,3,5H2;1-4H. The minimum atomic E-state index is 0.913. The Morgan fingerprint density at radius 2 is 1.91 bits per heavy atom. The van der Waals surface area contributed by atoms with E-state index in [4.69, 9.17) is 4.74 Å². The van der Waals surface area contributed by atoms with Gasteiger partial charge >= 0.3 is 0 Å². The Labute approximate surface area is 66.5 Å². The third-order valence-corrected chi connectivity index (χ3v) is 1.25. The van der Waals surface area contributed by atoms with E-state index in [1.165, 1.54) is 12.8 Å². The summed E-state index contributed by atoms with van der Waals surface area (Å²) in [6.45, 7) is 0.913. The predicted molar refractivity (Wildman–Crippen MR) is 43.0 cm³/mol. The monoisotopic (exact) mass is 152 g/mol. The molecular formula is C9H12O2. The molecule has 2 rings (SSSR count). The van der Waals surface area contributed by atoms with Gasteiger partial charge < -0.3 is 9.15 Å². The first-order valence-electron chi connectivity index (χ1n) is 3.74. The second-order valence-electron chi connectivity index (χ2n) is 2.18. The highest BCUT2D eigenvalue weighted by molar-refractivity contribution is 4.79. The molecule has 0 fully saturated rings. The van der Waals surface area contributed by atoms with Crippen molar-refractivity contribution < 1.29 is 9.15 Å². The summed E-state index contributed by atoms with van der Waals surface area (Å²) in [6, 6.07) is 3.67. The fourth-order valence-corrected chi connectivity index (χ4v) is 0.715. The molecule has 0 bridgehead atoms. The predicted octanol–water partition coefficient (Wildman–Crippen LogP) is 2.59. The van der Waals surface area contributed by atoms with E-state index in [2.05, 4.69) is 4.42 Å². The second kappa shape index (κ2) is 5.59. The van der Waals surface area contributed by atoms with Gasteiger partial charge in [-0.25, -0.2) is 0 Å². The molecule has 2 heteroatoms. The highest BCUT2D eigenvalue weighted by Crippen LogP contribution is 1.97. The van der Waals surface area contributed by atoms with Crippen LogP contribution in [0.15, 0.2) is 41.4 Å². The first-order chi connectivity index (χ1) is 5.50. The molecule has 1 aromatic heterocycles. The van der Waals surface area contributed by atoms with Crippen molar-refractivity contribution in [1.82, 2.24) is 0 Å². The molecule has 1 aliphatic heterocycles. The summed E-state index contributed by atoms with van der Waals surface area (Å²) in [7, 11) is 0. The molecule has 0 aromatic carbocycles. The van der Waals surface area contributed by atoms with Crippen LogP contribution < -0.4 is 0 Å². The van der Waals surface area contributed by atoms with Crippen molar-refractivity contribution in [2.24, 2.45) is 0 Å². The van der Waals surface area contributed by atoms with Crippen LogP contribution in [0, 0.1) is 0 Å². The molecule has 0 N–H and O–H groups in total. The molecule has 11 heavy (non-hydrogen) atoms. The number of allylic oxidation sites excluding steroid dienone is 1. The smallest absolute Gasteiger partial charge is 0.0902 e. The summed E-state index contributed by atoms with van der Waals surface area (Å²) in [5, 5.41) is 0. The maximum atomic E-state index is 4.89. The molecule has 2 heterocycles. The van der Waals surface area contributed by atoms with Crippen LogP contribution in [0.5, 0.6) is 0 Å². The van der Waals surface area contributed by atoms with Crippen molar-refractivity contribution in [2.45, 2.75) is 12.8 Å². The third kappa shape index (κ3) is 4.25. The number of hydrogen-bond acceptors (Lipinski definition) is 2. The highest BCUT2D eigenvalue weighted by Gasteiger charge is 1.86. The molecule has 2 nitrogen and oxygen atoms in total. The Kier molecular flexibility index (Phi) is 4.03. The fraction of sp³-hybridized carbons (Fsp3) is 0.333. The van der Waals surface area contributed by atoms with Gasteiger partial charge in [0.25, 0.3) is 0 Å². The van der Waals surface area contributed by atoms with Crippen molar-refractivity contribution in [1.29, 1.82) is 0 Å². The first-order valence-corrected chi connectivity index (χ1v) is 3.74. The lowest BCUT2D eigenvalue weighted by Crippen LogP contribution is -1.90. The molecule has 0 atom stereocenters. The summed E-state index contributed by atoms with van der Waals surface area (Å²) in [6.07, 6.45) is 9.45. The van der Waals surface area contributed by atoms with Crippen molar-refractivity contribution in [2.75, 3.05) is 6.61 Å². The van der Waals surface area contributed by atoms with E-state index in [1.807, 2.05) is 18.2 Å². The highest BCUT2D eigenvalue weighted by atomic mass is 16.5. The van der Waals surface area contributed by atoms with Gasteiger partial charge in [0.2, 0.25) is 0 Å². The quantitative estimate of drug-likeness (QED) is 0.570. The van der Waals surface area contributed by atoms with Gasteiger partial charge in [-0.3, -0.25) is 0 Å². The molecule has 0 unspecified atom stereocenters. The summed E-state index contributed by atoms with van der Waals surface area (Å²) in [5.41, 5.74) is 0. The van der Waals surface area contributed by atoms with Gasteiger partial charge in [-0.2, -0.15) is 0 Å². The van der Waals surface area contributed by atoms with E-state index < -0.39 is 0 Å². The Balaban J connectivity index is 0.000000112. The van der Waals surface area contributed by atoms with E-state index in [0.717, 1.165) is 6.61 Å². The maximum Gasteiger partial charge on any atom is 0.0902 e. The van der Waals surface area contributed by atoms with Crippen LogP contribution in [0.2, 0.25) is 0 Å².